The highest BCUT2D eigenvalue weighted by atomic mass is 35.5. The average Bonchev–Trinajstić information content (AvgIpc) is 2.85. The van der Waals surface area contributed by atoms with E-state index in [1.54, 1.807) is 10.3 Å². The molecule has 0 aliphatic carbocycles. The lowest BCUT2D eigenvalue weighted by molar-refractivity contribution is -0.0499. The summed E-state index contributed by atoms with van der Waals surface area (Å²) in [6.07, 6.45) is 1.75. The highest BCUT2D eigenvalue weighted by Crippen LogP contribution is 2.28. The Kier molecular flexibility index (Phi) is 6.64. The van der Waals surface area contributed by atoms with Crippen LogP contribution in [0.15, 0.2) is 11.4 Å². The minimum Gasteiger partial charge on any atom is -0.433 e. The van der Waals surface area contributed by atoms with Gasteiger partial charge < -0.3 is 15.0 Å². The predicted octanol–water partition coefficient (Wildman–Crippen LogP) is 2.60. The molecule has 2 heterocycles. The summed E-state index contributed by atoms with van der Waals surface area (Å²) in [5, 5.41) is 4.76. The molecule has 0 atom stereocenters. The van der Waals surface area contributed by atoms with Crippen molar-refractivity contribution in [2.45, 2.75) is 25.5 Å². The Morgan fingerprint density at radius 2 is 2.15 bits per heavy atom. The Bertz CT molecular complexity index is 437. The van der Waals surface area contributed by atoms with Gasteiger partial charge in [0, 0.05) is 19.1 Å². The second-order valence-electron chi connectivity index (χ2n) is 4.35. The first-order valence-corrected chi connectivity index (χ1v) is 6.98. The minimum absolute atomic E-state index is 0. The van der Waals surface area contributed by atoms with Gasteiger partial charge >= 0.3 is 6.61 Å². The van der Waals surface area contributed by atoms with Crippen molar-refractivity contribution in [3.05, 3.63) is 16.3 Å². The summed E-state index contributed by atoms with van der Waals surface area (Å²) in [5.74, 6) is -0.249. The zero-order chi connectivity index (χ0) is 13.8. The number of carbonyl (C=O) groups excluding carboxylic acids is 1. The number of nitrogens with one attached hydrogen (secondary N) is 1. The van der Waals surface area contributed by atoms with Gasteiger partial charge in [0.15, 0.2) is 0 Å². The summed E-state index contributed by atoms with van der Waals surface area (Å²) in [4.78, 5) is 14.2. The van der Waals surface area contributed by atoms with Gasteiger partial charge in [-0.25, -0.2) is 0 Å². The number of carbonyl (C=O) groups is 1. The van der Waals surface area contributed by atoms with E-state index in [2.05, 4.69) is 10.1 Å². The van der Waals surface area contributed by atoms with Crippen LogP contribution in [0, 0.1) is 0 Å². The number of rotatable bonds is 4. The van der Waals surface area contributed by atoms with E-state index >= 15 is 0 Å². The molecule has 0 unspecified atom stereocenters. The fourth-order valence-electron chi connectivity index (χ4n) is 2.16. The van der Waals surface area contributed by atoms with E-state index in [1.165, 1.54) is 6.07 Å². The highest BCUT2D eigenvalue weighted by Gasteiger charge is 2.26. The molecule has 0 aromatic carbocycles. The minimum atomic E-state index is -2.91. The number of alkyl halides is 2. The van der Waals surface area contributed by atoms with E-state index in [9.17, 15) is 13.6 Å². The van der Waals surface area contributed by atoms with Crippen LogP contribution in [0.25, 0.3) is 0 Å². The Balaban J connectivity index is 0.00000200. The molecule has 1 saturated heterocycles. The lowest BCUT2D eigenvalue weighted by Crippen LogP contribution is -2.43. The Labute approximate surface area is 126 Å². The van der Waals surface area contributed by atoms with Crippen molar-refractivity contribution >= 4 is 29.7 Å². The van der Waals surface area contributed by atoms with Gasteiger partial charge in [0.05, 0.1) is 0 Å². The quantitative estimate of drug-likeness (QED) is 0.924. The van der Waals surface area contributed by atoms with Gasteiger partial charge in [0.1, 0.15) is 10.6 Å². The molecule has 1 fully saturated rings. The fraction of sp³-hybridized carbons (Fsp3) is 0.583. The first-order valence-electron chi connectivity index (χ1n) is 6.10. The fourth-order valence-corrected chi connectivity index (χ4v) is 2.95. The molecule has 1 aromatic rings. The van der Waals surface area contributed by atoms with Gasteiger partial charge in [0.25, 0.3) is 5.91 Å². The third kappa shape index (κ3) is 4.04. The number of likely N-dealkylation sites (tertiary alicyclic amines) is 1. The molecular formula is C12H17ClF2N2O2S. The number of nitrogens with zero attached hydrogens (tertiary/aromatic N) is 1. The number of amides is 1. The van der Waals surface area contributed by atoms with Gasteiger partial charge in [-0.05, 0) is 31.3 Å². The number of hydrogen-bond donors (Lipinski definition) is 1. The molecule has 2 rings (SSSR count). The number of thiophene rings is 1. The molecule has 0 bridgehead atoms. The first-order chi connectivity index (χ1) is 9.11. The van der Waals surface area contributed by atoms with Crippen molar-refractivity contribution in [2.75, 3.05) is 20.1 Å². The van der Waals surface area contributed by atoms with Crippen LogP contribution in [-0.4, -0.2) is 43.6 Å². The zero-order valence-corrected chi connectivity index (χ0v) is 12.6. The van der Waals surface area contributed by atoms with E-state index in [1.807, 2.05) is 7.05 Å². The summed E-state index contributed by atoms with van der Waals surface area (Å²) < 4.78 is 28.8. The second-order valence-corrected chi connectivity index (χ2v) is 5.26. The molecule has 1 amide bonds. The summed E-state index contributed by atoms with van der Waals surface area (Å²) in [6, 6.07) is 1.83. The van der Waals surface area contributed by atoms with Gasteiger partial charge in [-0.3, -0.25) is 4.79 Å². The van der Waals surface area contributed by atoms with Crippen molar-refractivity contribution in [2.24, 2.45) is 0 Å². The second kappa shape index (κ2) is 7.75. The molecule has 1 aromatic heterocycles. The highest BCUT2D eigenvalue weighted by molar-refractivity contribution is 7.12. The van der Waals surface area contributed by atoms with E-state index in [0.717, 1.165) is 24.2 Å². The Morgan fingerprint density at radius 1 is 1.50 bits per heavy atom. The van der Waals surface area contributed by atoms with Gasteiger partial charge in [0.2, 0.25) is 0 Å². The summed E-state index contributed by atoms with van der Waals surface area (Å²) in [6.45, 7) is -1.64. The van der Waals surface area contributed by atoms with E-state index in [4.69, 9.17) is 0 Å². The monoisotopic (exact) mass is 326 g/mol. The maximum Gasteiger partial charge on any atom is 0.387 e. The lowest BCUT2D eigenvalue weighted by atomic mass is 10.1. The number of hydrogen-bond acceptors (Lipinski definition) is 4. The molecule has 0 saturated carbocycles. The van der Waals surface area contributed by atoms with Gasteiger partial charge in [-0.15, -0.1) is 23.7 Å². The largest absolute Gasteiger partial charge is 0.433 e. The number of halogens is 3. The third-order valence-electron chi connectivity index (χ3n) is 3.23. The molecule has 0 spiro atoms. The molecule has 20 heavy (non-hydrogen) atoms. The maximum atomic E-state index is 12.2. The van der Waals surface area contributed by atoms with Crippen molar-refractivity contribution in [3.8, 4) is 5.75 Å². The van der Waals surface area contributed by atoms with Crippen LogP contribution in [0.1, 0.15) is 22.5 Å². The molecule has 1 N–H and O–H groups in total. The van der Waals surface area contributed by atoms with Crippen LogP contribution in [-0.2, 0) is 0 Å². The standard InChI is InChI=1S/C12H16F2N2O2S.ClH/c1-15-8-2-5-16(6-3-8)11(17)10-9(4-7-19-10)18-12(13)14;/h4,7-8,12,15H,2-3,5-6H2,1H3;1H. The number of piperidine rings is 1. The van der Waals surface area contributed by atoms with Crippen LogP contribution in [0.3, 0.4) is 0 Å². The smallest absolute Gasteiger partial charge is 0.387 e. The first kappa shape index (κ1) is 17.1. The number of ether oxygens (including phenoxy) is 1. The SMILES string of the molecule is CNC1CCN(C(=O)c2sccc2OC(F)F)CC1.Cl. The average molecular weight is 327 g/mol. The van der Waals surface area contributed by atoms with Crippen molar-refractivity contribution < 1.29 is 18.3 Å². The summed E-state index contributed by atoms with van der Waals surface area (Å²) >= 11 is 1.13. The summed E-state index contributed by atoms with van der Waals surface area (Å²) in [7, 11) is 1.90. The zero-order valence-electron chi connectivity index (χ0n) is 11.0. The Hall–Kier alpha value is -0.920. The van der Waals surface area contributed by atoms with Gasteiger partial charge in [-0.2, -0.15) is 8.78 Å². The predicted molar refractivity (Wildman–Crippen MR) is 76.2 cm³/mol. The lowest BCUT2D eigenvalue weighted by Gasteiger charge is -2.31. The van der Waals surface area contributed by atoms with E-state index in [-0.39, 0.29) is 28.9 Å². The van der Waals surface area contributed by atoms with Gasteiger partial charge in [-0.1, -0.05) is 0 Å². The van der Waals surface area contributed by atoms with E-state index < -0.39 is 6.61 Å². The van der Waals surface area contributed by atoms with Crippen LogP contribution in [0.2, 0.25) is 0 Å². The summed E-state index contributed by atoms with van der Waals surface area (Å²) in [5.41, 5.74) is 0. The van der Waals surface area contributed by atoms with Crippen molar-refractivity contribution in [3.63, 3.8) is 0 Å². The van der Waals surface area contributed by atoms with Crippen LogP contribution < -0.4 is 10.1 Å². The third-order valence-corrected chi connectivity index (χ3v) is 4.11. The molecular weight excluding hydrogens is 310 g/mol. The molecule has 8 heteroatoms. The van der Waals surface area contributed by atoms with Crippen molar-refractivity contribution in [1.29, 1.82) is 0 Å². The Morgan fingerprint density at radius 3 is 2.70 bits per heavy atom. The molecule has 114 valence electrons. The van der Waals surface area contributed by atoms with Crippen LogP contribution in [0.4, 0.5) is 8.78 Å². The van der Waals surface area contributed by atoms with E-state index in [0.29, 0.717) is 19.1 Å². The topological polar surface area (TPSA) is 41.6 Å². The molecule has 1 aliphatic rings. The maximum absolute atomic E-state index is 12.2. The van der Waals surface area contributed by atoms with Crippen LogP contribution in [0.5, 0.6) is 5.75 Å². The van der Waals surface area contributed by atoms with Crippen molar-refractivity contribution in [1.82, 2.24) is 10.2 Å². The molecule has 1 aliphatic heterocycles. The molecule has 0 radical (unpaired) electrons. The molecule has 4 nitrogen and oxygen atoms in total. The van der Waals surface area contributed by atoms with Crippen LogP contribution >= 0.6 is 23.7 Å². The normalized spacial score (nSPS) is 16.1.